The number of halogens is 4. The van der Waals surface area contributed by atoms with Gasteiger partial charge in [-0.2, -0.15) is 0 Å². The first-order valence-corrected chi connectivity index (χ1v) is 12.2. The maximum Gasteiger partial charge on any atom is 0.258 e. The van der Waals surface area contributed by atoms with Crippen molar-refractivity contribution in [2.24, 2.45) is 0 Å². The van der Waals surface area contributed by atoms with Gasteiger partial charge < -0.3 is 25.2 Å². The number of aliphatic hydroxyl groups is 1. The quantitative estimate of drug-likeness (QED) is 0.460. The van der Waals surface area contributed by atoms with Crippen molar-refractivity contribution >= 4 is 46.6 Å². The number of rotatable bonds is 8. The van der Waals surface area contributed by atoms with Crippen molar-refractivity contribution < 1.29 is 28.6 Å². The Balaban J connectivity index is 1.28. The largest absolute Gasteiger partial charge is 0.484 e. The summed E-state index contributed by atoms with van der Waals surface area (Å²) in [6, 6.07) is 8.65. The maximum absolute atomic E-state index is 13.5. The molecular formula is C24H24Cl3FN2O5. The minimum atomic E-state index is -0.842. The Bertz CT molecular complexity index is 1120. The highest BCUT2D eigenvalue weighted by atomic mass is 35.5. The van der Waals surface area contributed by atoms with E-state index in [0.717, 1.165) is 6.07 Å². The molecule has 0 heterocycles. The average molecular weight is 546 g/mol. The lowest BCUT2D eigenvalue weighted by Gasteiger charge is -2.56. The van der Waals surface area contributed by atoms with Gasteiger partial charge in [0.25, 0.3) is 11.8 Å². The number of aliphatic hydroxyl groups excluding tert-OH is 1. The van der Waals surface area contributed by atoms with Gasteiger partial charge in [0, 0.05) is 17.7 Å². The summed E-state index contributed by atoms with van der Waals surface area (Å²) >= 11 is 17.5. The van der Waals surface area contributed by atoms with Crippen LogP contribution in [0, 0.1) is 5.82 Å². The molecule has 0 aliphatic heterocycles. The zero-order valence-corrected chi connectivity index (χ0v) is 20.9. The van der Waals surface area contributed by atoms with E-state index in [-0.39, 0.29) is 35.8 Å². The fourth-order valence-electron chi connectivity index (χ4n) is 4.74. The van der Waals surface area contributed by atoms with Crippen molar-refractivity contribution in [1.29, 1.82) is 0 Å². The summed E-state index contributed by atoms with van der Waals surface area (Å²) in [6.45, 7) is -0.538. The molecule has 35 heavy (non-hydrogen) atoms. The number of benzene rings is 2. The van der Waals surface area contributed by atoms with E-state index < -0.39 is 23.0 Å². The number of amides is 2. The molecule has 3 aliphatic carbocycles. The average Bonchev–Trinajstić information content (AvgIpc) is 2.82. The molecule has 2 amide bonds. The van der Waals surface area contributed by atoms with Crippen LogP contribution in [-0.4, -0.2) is 47.3 Å². The van der Waals surface area contributed by atoms with Crippen LogP contribution in [0.25, 0.3) is 0 Å². The molecule has 2 aromatic carbocycles. The highest BCUT2D eigenvalue weighted by Crippen LogP contribution is 2.47. The third-order valence-corrected chi connectivity index (χ3v) is 7.68. The van der Waals surface area contributed by atoms with E-state index in [1.54, 1.807) is 12.1 Å². The Labute approximate surface area is 216 Å². The van der Waals surface area contributed by atoms with Crippen LogP contribution in [0.1, 0.15) is 32.1 Å². The van der Waals surface area contributed by atoms with E-state index >= 15 is 0 Å². The van der Waals surface area contributed by atoms with E-state index in [0.29, 0.717) is 47.9 Å². The molecule has 1 atom stereocenters. The molecule has 2 bridgehead atoms. The summed E-state index contributed by atoms with van der Waals surface area (Å²) in [4.78, 5) is 25.1. The van der Waals surface area contributed by atoms with Crippen molar-refractivity contribution in [3.63, 3.8) is 0 Å². The first-order chi connectivity index (χ1) is 16.6. The molecule has 188 valence electrons. The Hall–Kier alpha value is -2.26. The van der Waals surface area contributed by atoms with Gasteiger partial charge in [-0.05, 0) is 56.4 Å². The van der Waals surface area contributed by atoms with Crippen LogP contribution in [0.2, 0.25) is 15.1 Å². The molecule has 0 radical (unpaired) electrons. The van der Waals surface area contributed by atoms with E-state index in [9.17, 15) is 19.1 Å². The number of carbonyl (C=O) groups is 2. The predicted octanol–water partition coefficient (Wildman–Crippen LogP) is 4.29. The van der Waals surface area contributed by atoms with E-state index in [4.69, 9.17) is 44.3 Å². The molecule has 3 saturated carbocycles. The monoisotopic (exact) mass is 544 g/mol. The van der Waals surface area contributed by atoms with Crippen LogP contribution < -0.4 is 20.1 Å². The number of hydrogen-bond donors (Lipinski definition) is 3. The summed E-state index contributed by atoms with van der Waals surface area (Å²) in [6.07, 6.45) is 1.61. The SMILES string of the molecule is O=C(COc1ccc(Cl)c(F)c1)NC12CCC(NC(=O)COc3ccc(Cl)c(Cl)c3)(CC1)[C@H](O)C2. The third kappa shape index (κ3) is 5.94. The van der Waals surface area contributed by atoms with Crippen molar-refractivity contribution in [3.8, 4) is 11.5 Å². The van der Waals surface area contributed by atoms with Gasteiger partial charge in [-0.15, -0.1) is 0 Å². The molecule has 5 rings (SSSR count). The van der Waals surface area contributed by atoms with Crippen molar-refractivity contribution in [2.75, 3.05) is 13.2 Å². The lowest BCUT2D eigenvalue weighted by atomic mass is 9.60. The molecule has 0 aromatic heterocycles. The Morgan fingerprint density at radius 1 is 0.886 bits per heavy atom. The van der Waals surface area contributed by atoms with Gasteiger partial charge in [0.2, 0.25) is 0 Å². The molecule has 7 nitrogen and oxygen atoms in total. The fourth-order valence-corrected chi connectivity index (χ4v) is 5.14. The van der Waals surface area contributed by atoms with Gasteiger partial charge in [-0.25, -0.2) is 4.39 Å². The highest BCUT2D eigenvalue weighted by Gasteiger charge is 2.55. The molecule has 3 aliphatic rings. The fraction of sp³-hybridized carbons (Fsp3) is 0.417. The van der Waals surface area contributed by atoms with Crippen LogP contribution in [0.4, 0.5) is 4.39 Å². The molecule has 2 aromatic rings. The van der Waals surface area contributed by atoms with Crippen LogP contribution in [0.15, 0.2) is 36.4 Å². The van der Waals surface area contributed by atoms with Gasteiger partial charge in [0.05, 0.1) is 26.7 Å². The highest BCUT2D eigenvalue weighted by molar-refractivity contribution is 6.42. The molecule has 3 fully saturated rings. The van der Waals surface area contributed by atoms with Gasteiger partial charge in [-0.3, -0.25) is 9.59 Å². The maximum atomic E-state index is 13.5. The lowest BCUT2D eigenvalue weighted by Crippen LogP contribution is -2.70. The van der Waals surface area contributed by atoms with Gasteiger partial charge >= 0.3 is 0 Å². The number of nitrogens with one attached hydrogen (secondary N) is 2. The molecular weight excluding hydrogens is 522 g/mol. The number of fused-ring (bicyclic) bond motifs is 3. The second-order valence-electron chi connectivity index (χ2n) is 8.98. The van der Waals surface area contributed by atoms with Gasteiger partial charge in [0.1, 0.15) is 17.3 Å². The van der Waals surface area contributed by atoms with E-state index in [1.807, 2.05) is 0 Å². The van der Waals surface area contributed by atoms with Crippen molar-refractivity contribution in [2.45, 2.75) is 49.3 Å². The topological polar surface area (TPSA) is 96.9 Å². The summed E-state index contributed by atoms with van der Waals surface area (Å²) in [5, 5.41) is 17.4. The first-order valence-electron chi connectivity index (χ1n) is 11.1. The first kappa shape index (κ1) is 25.8. The van der Waals surface area contributed by atoms with Crippen LogP contribution in [-0.2, 0) is 9.59 Å². The smallest absolute Gasteiger partial charge is 0.258 e. The van der Waals surface area contributed by atoms with Crippen molar-refractivity contribution in [1.82, 2.24) is 10.6 Å². The summed E-state index contributed by atoms with van der Waals surface area (Å²) in [7, 11) is 0. The standard InChI is InChI=1S/C24H24Cl3FN2O5/c25-16-3-1-14(9-18(16)27)34-13-22(33)30-24-7-5-23(6-8-24,11-20(24)31)29-21(32)12-35-15-2-4-17(26)19(28)10-15/h1-4,9-10,20,31H,5-8,11-13H2,(H,29,32)(H,30,33)/t20-,23?,24?/m1/s1. The van der Waals surface area contributed by atoms with Crippen molar-refractivity contribution in [3.05, 3.63) is 57.3 Å². The van der Waals surface area contributed by atoms with Crippen LogP contribution in [0.3, 0.4) is 0 Å². The summed E-state index contributed by atoms with van der Waals surface area (Å²) in [5.74, 6) is -0.772. The van der Waals surface area contributed by atoms with E-state index in [2.05, 4.69) is 10.6 Å². The summed E-state index contributed by atoms with van der Waals surface area (Å²) < 4.78 is 24.4. The second kappa shape index (κ2) is 10.4. The van der Waals surface area contributed by atoms with Crippen LogP contribution >= 0.6 is 34.8 Å². The van der Waals surface area contributed by atoms with E-state index in [1.165, 1.54) is 18.2 Å². The molecule has 0 saturated heterocycles. The predicted molar refractivity (Wildman–Crippen MR) is 130 cm³/mol. The van der Waals surface area contributed by atoms with Gasteiger partial charge in [0.15, 0.2) is 13.2 Å². The molecule has 11 heteroatoms. The summed E-state index contributed by atoms with van der Waals surface area (Å²) in [5.41, 5.74) is -1.37. The minimum absolute atomic E-state index is 0.0318. The second-order valence-corrected chi connectivity index (χ2v) is 10.2. The number of carbonyl (C=O) groups excluding carboxylic acids is 2. The number of hydrogen-bond acceptors (Lipinski definition) is 5. The van der Waals surface area contributed by atoms with Crippen LogP contribution in [0.5, 0.6) is 11.5 Å². The van der Waals surface area contributed by atoms with Gasteiger partial charge in [-0.1, -0.05) is 34.8 Å². The Morgan fingerprint density at radius 3 is 2.03 bits per heavy atom. The zero-order chi connectivity index (χ0) is 25.2. The Morgan fingerprint density at radius 2 is 1.46 bits per heavy atom. The number of ether oxygens (including phenoxy) is 2. The lowest BCUT2D eigenvalue weighted by molar-refractivity contribution is -0.137. The third-order valence-electron chi connectivity index (χ3n) is 6.64. The minimum Gasteiger partial charge on any atom is -0.484 e. The molecule has 0 spiro atoms. The molecule has 0 unspecified atom stereocenters. The zero-order valence-electron chi connectivity index (χ0n) is 18.6. The Kier molecular flexibility index (Phi) is 7.66. The molecule has 3 N–H and O–H groups in total. The normalized spacial score (nSPS) is 25.1.